The van der Waals surface area contributed by atoms with Gasteiger partial charge >= 0.3 is 6.01 Å². The third kappa shape index (κ3) is 2.05. The van der Waals surface area contributed by atoms with Gasteiger partial charge in [0.1, 0.15) is 0 Å². The maximum absolute atomic E-state index is 5.00. The van der Waals surface area contributed by atoms with Gasteiger partial charge in [-0.1, -0.05) is 0 Å². The third-order valence-electron chi connectivity index (χ3n) is 1.96. The molecule has 0 saturated heterocycles. The first kappa shape index (κ1) is 10.3. The molecule has 0 unspecified atom stereocenters. The number of pyridine rings is 1. The molecule has 6 heteroatoms. The van der Waals surface area contributed by atoms with Crippen LogP contribution in [0.25, 0.3) is 11.4 Å². The van der Waals surface area contributed by atoms with Crippen molar-refractivity contribution in [2.75, 3.05) is 19.5 Å². The molecule has 16 heavy (non-hydrogen) atoms. The molecule has 0 spiro atoms. The SMILES string of the molecule is CNc1nc(OC)nc(-c2ccncc2)n1. The lowest BCUT2D eigenvalue weighted by Crippen LogP contribution is -2.03. The van der Waals surface area contributed by atoms with Crippen LogP contribution in [0.15, 0.2) is 24.5 Å². The normalized spacial score (nSPS) is 9.88. The van der Waals surface area contributed by atoms with Crippen molar-refractivity contribution in [1.29, 1.82) is 0 Å². The summed E-state index contributed by atoms with van der Waals surface area (Å²) in [5.74, 6) is 1.03. The van der Waals surface area contributed by atoms with E-state index >= 15 is 0 Å². The van der Waals surface area contributed by atoms with Gasteiger partial charge in [-0.2, -0.15) is 15.0 Å². The van der Waals surface area contributed by atoms with Crippen LogP contribution in [-0.2, 0) is 0 Å². The van der Waals surface area contributed by atoms with Gasteiger partial charge in [0.25, 0.3) is 0 Å². The average molecular weight is 217 g/mol. The van der Waals surface area contributed by atoms with Gasteiger partial charge in [-0.05, 0) is 12.1 Å². The Morgan fingerprint density at radius 2 is 1.88 bits per heavy atom. The molecule has 1 N–H and O–H groups in total. The molecule has 0 aromatic carbocycles. The van der Waals surface area contributed by atoms with E-state index < -0.39 is 0 Å². The summed E-state index contributed by atoms with van der Waals surface area (Å²) in [6.45, 7) is 0. The first-order valence-corrected chi connectivity index (χ1v) is 4.71. The van der Waals surface area contributed by atoms with Crippen LogP contribution < -0.4 is 10.1 Å². The standard InChI is InChI=1S/C10H11N5O/c1-11-9-13-8(14-10(15-9)16-2)7-3-5-12-6-4-7/h3-6H,1-2H3,(H,11,13,14,15). The Morgan fingerprint density at radius 3 is 2.50 bits per heavy atom. The molecule has 6 nitrogen and oxygen atoms in total. The molecule has 0 atom stereocenters. The van der Waals surface area contributed by atoms with Gasteiger partial charge in [-0.25, -0.2) is 0 Å². The fourth-order valence-electron chi connectivity index (χ4n) is 1.19. The fraction of sp³-hybridized carbons (Fsp3) is 0.200. The summed E-state index contributed by atoms with van der Waals surface area (Å²) in [5.41, 5.74) is 0.868. The number of hydrogen-bond donors (Lipinski definition) is 1. The monoisotopic (exact) mass is 217 g/mol. The highest BCUT2D eigenvalue weighted by molar-refractivity contribution is 5.55. The molecule has 0 bridgehead atoms. The molecule has 0 aliphatic rings. The number of hydrogen-bond acceptors (Lipinski definition) is 6. The Balaban J connectivity index is 2.48. The number of aromatic nitrogens is 4. The number of rotatable bonds is 3. The average Bonchev–Trinajstić information content (AvgIpc) is 2.39. The van der Waals surface area contributed by atoms with Gasteiger partial charge in [0, 0.05) is 25.0 Å². The van der Waals surface area contributed by atoms with Crippen LogP contribution in [0, 0.1) is 0 Å². The minimum atomic E-state index is 0.283. The van der Waals surface area contributed by atoms with E-state index in [0.29, 0.717) is 11.8 Å². The van der Waals surface area contributed by atoms with Crippen molar-refractivity contribution in [2.45, 2.75) is 0 Å². The van der Waals surface area contributed by atoms with E-state index in [1.54, 1.807) is 19.4 Å². The van der Waals surface area contributed by atoms with Crippen LogP contribution in [0.3, 0.4) is 0 Å². The Bertz CT molecular complexity index is 452. The van der Waals surface area contributed by atoms with Crippen molar-refractivity contribution in [1.82, 2.24) is 19.9 Å². The van der Waals surface area contributed by atoms with Gasteiger partial charge in [0.05, 0.1) is 7.11 Å². The predicted molar refractivity (Wildman–Crippen MR) is 59.2 cm³/mol. The Hall–Kier alpha value is -2.24. The van der Waals surface area contributed by atoms with Crippen molar-refractivity contribution >= 4 is 5.95 Å². The van der Waals surface area contributed by atoms with E-state index in [9.17, 15) is 0 Å². The van der Waals surface area contributed by atoms with Crippen LogP contribution >= 0.6 is 0 Å². The van der Waals surface area contributed by atoms with Crippen molar-refractivity contribution in [3.63, 3.8) is 0 Å². The number of methoxy groups -OCH3 is 1. The van der Waals surface area contributed by atoms with Crippen LogP contribution in [0.1, 0.15) is 0 Å². The van der Waals surface area contributed by atoms with Crippen LogP contribution in [0.5, 0.6) is 6.01 Å². The zero-order valence-corrected chi connectivity index (χ0v) is 9.01. The maximum Gasteiger partial charge on any atom is 0.321 e. The topological polar surface area (TPSA) is 72.8 Å². The smallest absolute Gasteiger partial charge is 0.321 e. The lowest BCUT2D eigenvalue weighted by molar-refractivity contribution is 0.379. The van der Waals surface area contributed by atoms with E-state index in [0.717, 1.165) is 5.56 Å². The van der Waals surface area contributed by atoms with E-state index in [1.807, 2.05) is 12.1 Å². The summed E-state index contributed by atoms with van der Waals surface area (Å²) in [7, 11) is 3.26. The zero-order chi connectivity index (χ0) is 11.4. The summed E-state index contributed by atoms with van der Waals surface area (Å²) in [4.78, 5) is 16.3. The largest absolute Gasteiger partial charge is 0.467 e. The van der Waals surface area contributed by atoms with Crippen LogP contribution in [-0.4, -0.2) is 34.1 Å². The third-order valence-corrected chi connectivity index (χ3v) is 1.96. The molecular formula is C10H11N5O. The van der Waals surface area contributed by atoms with Crippen LogP contribution in [0.4, 0.5) is 5.95 Å². The lowest BCUT2D eigenvalue weighted by atomic mass is 10.2. The molecule has 2 aromatic heterocycles. The molecule has 0 amide bonds. The molecule has 82 valence electrons. The molecule has 0 aliphatic carbocycles. The second-order valence-corrected chi connectivity index (χ2v) is 2.96. The van der Waals surface area contributed by atoms with Gasteiger partial charge in [0.15, 0.2) is 5.82 Å². The Labute approximate surface area is 92.8 Å². The number of nitrogens with zero attached hydrogens (tertiary/aromatic N) is 4. The molecule has 2 rings (SSSR count). The highest BCUT2D eigenvalue weighted by atomic mass is 16.5. The summed E-state index contributed by atoms with van der Waals surface area (Å²) in [6, 6.07) is 3.94. The predicted octanol–water partition coefficient (Wildman–Crippen LogP) is 0.984. The van der Waals surface area contributed by atoms with Crippen molar-refractivity contribution < 1.29 is 4.74 Å². The highest BCUT2D eigenvalue weighted by Gasteiger charge is 2.07. The van der Waals surface area contributed by atoms with E-state index in [1.165, 1.54) is 7.11 Å². The Morgan fingerprint density at radius 1 is 1.12 bits per heavy atom. The Kier molecular flexibility index (Phi) is 2.90. The minimum Gasteiger partial charge on any atom is -0.467 e. The summed E-state index contributed by atoms with van der Waals surface area (Å²) >= 11 is 0. The number of nitrogens with one attached hydrogen (secondary N) is 1. The van der Waals surface area contributed by atoms with Gasteiger partial charge in [-0.15, -0.1) is 0 Å². The highest BCUT2D eigenvalue weighted by Crippen LogP contribution is 2.17. The quantitative estimate of drug-likeness (QED) is 0.826. The fourth-order valence-corrected chi connectivity index (χ4v) is 1.19. The van der Waals surface area contributed by atoms with Gasteiger partial charge < -0.3 is 10.1 Å². The molecule has 0 aliphatic heterocycles. The first-order valence-electron chi connectivity index (χ1n) is 4.71. The van der Waals surface area contributed by atoms with E-state index in [-0.39, 0.29) is 6.01 Å². The number of ether oxygens (including phenoxy) is 1. The lowest BCUT2D eigenvalue weighted by Gasteiger charge is -2.05. The summed E-state index contributed by atoms with van der Waals surface area (Å²) in [6.07, 6.45) is 3.37. The van der Waals surface area contributed by atoms with Crippen molar-refractivity contribution in [3.05, 3.63) is 24.5 Å². The molecule has 0 radical (unpaired) electrons. The number of anilines is 1. The van der Waals surface area contributed by atoms with Gasteiger partial charge in [-0.3, -0.25) is 4.98 Å². The summed E-state index contributed by atoms with van der Waals surface area (Å²) < 4.78 is 5.00. The second kappa shape index (κ2) is 4.52. The van der Waals surface area contributed by atoms with Crippen molar-refractivity contribution in [3.8, 4) is 17.4 Å². The molecule has 0 saturated carbocycles. The summed E-state index contributed by atoms with van der Waals surface area (Å²) in [5, 5.41) is 2.85. The minimum absolute atomic E-state index is 0.283. The molecular weight excluding hydrogens is 206 g/mol. The molecule has 2 aromatic rings. The maximum atomic E-state index is 5.00. The first-order chi connectivity index (χ1) is 7.83. The van der Waals surface area contributed by atoms with E-state index in [4.69, 9.17) is 4.74 Å². The van der Waals surface area contributed by atoms with E-state index in [2.05, 4.69) is 25.3 Å². The molecule has 0 fully saturated rings. The molecule has 2 heterocycles. The second-order valence-electron chi connectivity index (χ2n) is 2.96. The van der Waals surface area contributed by atoms with Crippen molar-refractivity contribution in [2.24, 2.45) is 0 Å². The zero-order valence-electron chi connectivity index (χ0n) is 9.01. The van der Waals surface area contributed by atoms with Crippen LogP contribution in [0.2, 0.25) is 0 Å². The van der Waals surface area contributed by atoms with Gasteiger partial charge in [0.2, 0.25) is 5.95 Å².